The molecule has 0 aromatic rings. The molecule has 21 heavy (non-hydrogen) atoms. The van der Waals surface area contributed by atoms with Gasteiger partial charge < -0.3 is 21.3 Å². The summed E-state index contributed by atoms with van der Waals surface area (Å²) in [7, 11) is 0. The average Bonchev–Trinajstić information content (AvgIpc) is 2.44. The van der Waals surface area contributed by atoms with E-state index in [1.54, 1.807) is 0 Å². The standard InChI is InChI=1S/4C4H11N.V/c4*1-3-5-4-2;/h4*5H,3-4H2,1-2H3;. The quantitative estimate of drug-likeness (QED) is 0.547. The molecule has 0 rings (SSSR count). The molecule has 133 valence electrons. The zero-order valence-corrected chi connectivity index (χ0v) is 17.5. The summed E-state index contributed by atoms with van der Waals surface area (Å²) in [5.41, 5.74) is 0. The van der Waals surface area contributed by atoms with Crippen LogP contribution in [0.5, 0.6) is 0 Å². The maximum Gasteiger partial charge on any atom is 0 e. The van der Waals surface area contributed by atoms with E-state index in [1.165, 1.54) is 0 Å². The first-order valence-electron chi connectivity index (χ1n) is 8.49. The van der Waals surface area contributed by atoms with Crippen LogP contribution in [0, 0.1) is 0 Å². The Balaban J connectivity index is -0.0000000533. The first-order valence-corrected chi connectivity index (χ1v) is 8.49. The molecule has 0 atom stereocenters. The Kier molecular flexibility index (Phi) is 78.8. The second-order valence-electron chi connectivity index (χ2n) is 3.83. The van der Waals surface area contributed by atoms with E-state index < -0.39 is 0 Å². The molecule has 0 bridgehead atoms. The Labute approximate surface area is 147 Å². The van der Waals surface area contributed by atoms with E-state index in [-0.39, 0.29) is 18.6 Å². The Morgan fingerprint density at radius 2 is 0.429 bits per heavy atom. The SMILES string of the molecule is CCNCC.CCNCC.CCNCC.CCNCC.[V]. The fourth-order valence-corrected chi connectivity index (χ4v) is 1.000. The zero-order valence-electron chi connectivity index (χ0n) is 16.1. The Hall–Kier alpha value is 0.424. The van der Waals surface area contributed by atoms with Crippen LogP contribution in [0.1, 0.15) is 55.4 Å². The molecule has 0 aliphatic heterocycles. The summed E-state index contributed by atoms with van der Waals surface area (Å²) in [5.74, 6) is 0. The van der Waals surface area contributed by atoms with E-state index in [4.69, 9.17) is 0 Å². The summed E-state index contributed by atoms with van der Waals surface area (Å²) in [6.07, 6.45) is 0. The van der Waals surface area contributed by atoms with Crippen LogP contribution in [0.4, 0.5) is 0 Å². The van der Waals surface area contributed by atoms with E-state index in [1.807, 2.05) is 0 Å². The van der Waals surface area contributed by atoms with Crippen LogP contribution >= 0.6 is 0 Å². The van der Waals surface area contributed by atoms with Gasteiger partial charge in [-0.05, 0) is 52.4 Å². The van der Waals surface area contributed by atoms with Gasteiger partial charge in [0.2, 0.25) is 0 Å². The molecule has 5 heteroatoms. The maximum atomic E-state index is 3.11. The van der Waals surface area contributed by atoms with Gasteiger partial charge in [0.25, 0.3) is 0 Å². The van der Waals surface area contributed by atoms with Crippen molar-refractivity contribution in [3.63, 3.8) is 0 Å². The summed E-state index contributed by atoms with van der Waals surface area (Å²) < 4.78 is 0. The van der Waals surface area contributed by atoms with Crippen molar-refractivity contribution in [3.8, 4) is 0 Å². The molecule has 0 unspecified atom stereocenters. The molecule has 0 spiro atoms. The maximum absolute atomic E-state index is 3.11. The molecule has 0 aromatic carbocycles. The summed E-state index contributed by atoms with van der Waals surface area (Å²) in [6.45, 7) is 25.6. The van der Waals surface area contributed by atoms with Gasteiger partial charge in [-0.1, -0.05) is 55.4 Å². The van der Waals surface area contributed by atoms with E-state index in [0.29, 0.717) is 0 Å². The van der Waals surface area contributed by atoms with Gasteiger partial charge >= 0.3 is 0 Å². The summed E-state index contributed by atoms with van der Waals surface area (Å²) >= 11 is 0. The third-order valence-corrected chi connectivity index (χ3v) is 2.00. The van der Waals surface area contributed by atoms with Crippen molar-refractivity contribution >= 4 is 0 Å². The first kappa shape index (κ1) is 33.1. The van der Waals surface area contributed by atoms with Gasteiger partial charge in [0, 0.05) is 18.6 Å². The molecule has 0 heterocycles. The molecule has 0 saturated heterocycles. The molecular formula is C16H44N4V. The predicted octanol–water partition coefficient (Wildman–Crippen LogP) is 2.46. The Morgan fingerprint density at radius 1 is 0.333 bits per heavy atom. The van der Waals surface area contributed by atoms with Gasteiger partial charge in [0.15, 0.2) is 0 Å². The van der Waals surface area contributed by atoms with Crippen molar-refractivity contribution in [1.82, 2.24) is 21.3 Å². The minimum absolute atomic E-state index is 0. The Bertz CT molecular complexity index is 74.3. The molecule has 4 nitrogen and oxygen atoms in total. The fraction of sp³-hybridized carbons (Fsp3) is 1.00. The van der Waals surface area contributed by atoms with Crippen LogP contribution in [0.25, 0.3) is 0 Å². The first-order chi connectivity index (χ1) is 9.66. The van der Waals surface area contributed by atoms with Crippen molar-refractivity contribution in [1.29, 1.82) is 0 Å². The molecule has 1 radical (unpaired) electrons. The Morgan fingerprint density at radius 3 is 0.429 bits per heavy atom. The molecule has 0 saturated carbocycles. The van der Waals surface area contributed by atoms with Crippen LogP contribution in [-0.2, 0) is 18.6 Å². The van der Waals surface area contributed by atoms with Crippen molar-refractivity contribution in [3.05, 3.63) is 0 Å². The van der Waals surface area contributed by atoms with Crippen LogP contribution in [0.2, 0.25) is 0 Å². The van der Waals surface area contributed by atoms with Gasteiger partial charge in [-0.25, -0.2) is 0 Å². The summed E-state index contributed by atoms with van der Waals surface area (Å²) in [5, 5.41) is 12.4. The van der Waals surface area contributed by atoms with Crippen molar-refractivity contribution in [2.45, 2.75) is 55.4 Å². The van der Waals surface area contributed by atoms with Crippen LogP contribution in [-0.4, -0.2) is 52.4 Å². The van der Waals surface area contributed by atoms with Crippen LogP contribution < -0.4 is 21.3 Å². The molecule has 4 N–H and O–H groups in total. The van der Waals surface area contributed by atoms with Gasteiger partial charge in [-0.15, -0.1) is 0 Å². The molecule has 0 fully saturated rings. The normalized spacial score (nSPS) is 8.00. The molecule has 0 aliphatic rings. The van der Waals surface area contributed by atoms with Gasteiger partial charge in [-0.3, -0.25) is 0 Å². The second-order valence-corrected chi connectivity index (χ2v) is 3.83. The largest absolute Gasteiger partial charge is 0.317 e. The average molecular weight is 344 g/mol. The molecule has 0 aromatic heterocycles. The summed E-state index contributed by atoms with van der Waals surface area (Å²) in [4.78, 5) is 0. The van der Waals surface area contributed by atoms with Crippen molar-refractivity contribution in [2.75, 3.05) is 52.4 Å². The van der Waals surface area contributed by atoms with Gasteiger partial charge in [-0.2, -0.15) is 0 Å². The van der Waals surface area contributed by atoms with E-state index in [0.717, 1.165) is 52.4 Å². The third-order valence-electron chi connectivity index (χ3n) is 2.00. The summed E-state index contributed by atoms with van der Waals surface area (Å²) in [6, 6.07) is 0. The number of hydrogen-bond acceptors (Lipinski definition) is 4. The predicted molar refractivity (Wildman–Crippen MR) is 96.9 cm³/mol. The van der Waals surface area contributed by atoms with E-state index in [2.05, 4.69) is 76.7 Å². The monoisotopic (exact) mass is 343 g/mol. The molecule has 0 aliphatic carbocycles. The number of rotatable bonds is 8. The topological polar surface area (TPSA) is 48.1 Å². The van der Waals surface area contributed by atoms with E-state index in [9.17, 15) is 0 Å². The fourth-order valence-electron chi connectivity index (χ4n) is 1.000. The van der Waals surface area contributed by atoms with E-state index >= 15 is 0 Å². The van der Waals surface area contributed by atoms with Crippen LogP contribution in [0.15, 0.2) is 0 Å². The van der Waals surface area contributed by atoms with Gasteiger partial charge in [0.05, 0.1) is 0 Å². The molecule has 0 amide bonds. The number of hydrogen-bond donors (Lipinski definition) is 4. The second kappa shape index (κ2) is 49.9. The zero-order chi connectivity index (χ0) is 16.5. The number of nitrogens with one attached hydrogen (secondary N) is 4. The molecular weight excluding hydrogens is 299 g/mol. The van der Waals surface area contributed by atoms with Crippen molar-refractivity contribution in [2.24, 2.45) is 0 Å². The smallest absolute Gasteiger partial charge is 0 e. The minimum atomic E-state index is 0. The van der Waals surface area contributed by atoms with Crippen molar-refractivity contribution < 1.29 is 18.6 Å². The van der Waals surface area contributed by atoms with Gasteiger partial charge in [0.1, 0.15) is 0 Å². The minimum Gasteiger partial charge on any atom is -0.317 e. The van der Waals surface area contributed by atoms with Crippen LogP contribution in [0.3, 0.4) is 0 Å². The third kappa shape index (κ3) is 97.7.